The Labute approximate surface area is 193 Å². The highest BCUT2D eigenvalue weighted by molar-refractivity contribution is 5.91. The summed E-state index contributed by atoms with van der Waals surface area (Å²) in [4.78, 5) is 13.6. The van der Waals surface area contributed by atoms with Crippen molar-refractivity contribution in [2.24, 2.45) is 7.05 Å². The van der Waals surface area contributed by atoms with Crippen LogP contribution in [0.1, 0.15) is 17.4 Å². The number of benzene rings is 1. The van der Waals surface area contributed by atoms with E-state index in [1.165, 1.54) is 0 Å². The second-order valence-corrected chi connectivity index (χ2v) is 8.77. The first-order valence-corrected chi connectivity index (χ1v) is 11.2. The summed E-state index contributed by atoms with van der Waals surface area (Å²) < 4.78 is 1.80. The molecule has 0 amide bonds. The molecular formula is C25H29N7O. The van der Waals surface area contributed by atoms with Crippen molar-refractivity contribution in [1.29, 1.82) is 0 Å². The van der Waals surface area contributed by atoms with Gasteiger partial charge in [-0.1, -0.05) is 6.07 Å². The molecule has 1 unspecified atom stereocenters. The van der Waals surface area contributed by atoms with Crippen LogP contribution in [0.25, 0.3) is 21.9 Å². The molecule has 0 bridgehead atoms. The van der Waals surface area contributed by atoms with Gasteiger partial charge >= 0.3 is 0 Å². The average molecular weight is 444 g/mol. The number of aliphatic hydroxyl groups excluding tert-OH is 1. The molecule has 8 nitrogen and oxygen atoms in total. The number of rotatable bonds is 5. The van der Waals surface area contributed by atoms with E-state index in [0.29, 0.717) is 5.82 Å². The lowest BCUT2D eigenvalue weighted by Gasteiger charge is -2.33. The third-order valence-electron chi connectivity index (χ3n) is 6.28. The number of likely N-dealkylation sites (N-methyl/N-ethyl adjacent to an activating group) is 1. The fraction of sp³-hybridized carbons (Fsp3) is 0.320. The summed E-state index contributed by atoms with van der Waals surface area (Å²) in [5, 5.41) is 20.5. The number of hydrogen-bond acceptors (Lipinski definition) is 7. The molecule has 1 atom stereocenters. The Balaban J connectivity index is 1.38. The molecule has 170 valence electrons. The minimum Gasteiger partial charge on any atom is -0.369 e. The maximum absolute atomic E-state index is 10.9. The third kappa shape index (κ3) is 4.53. The zero-order valence-corrected chi connectivity index (χ0v) is 19.2. The number of anilines is 2. The van der Waals surface area contributed by atoms with Gasteiger partial charge in [0, 0.05) is 68.3 Å². The van der Waals surface area contributed by atoms with E-state index in [9.17, 15) is 5.11 Å². The van der Waals surface area contributed by atoms with Crippen molar-refractivity contribution in [2.75, 3.05) is 43.4 Å². The van der Waals surface area contributed by atoms with Crippen molar-refractivity contribution in [3.63, 3.8) is 0 Å². The van der Waals surface area contributed by atoms with E-state index in [1.54, 1.807) is 10.9 Å². The van der Waals surface area contributed by atoms with Crippen LogP contribution < -0.4 is 10.2 Å². The number of fused-ring (bicyclic) bond motifs is 1. The van der Waals surface area contributed by atoms with Crippen molar-refractivity contribution < 1.29 is 5.11 Å². The van der Waals surface area contributed by atoms with Crippen LogP contribution in [0.3, 0.4) is 0 Å². The summed E-state index contributed by atoms with van der Waals surface area (Å²) >= 11 is 0. The zero-order chi connectivity index (χ0) is 22.9. The Kier molecular flexibility index (Phi) is 5.70. The van der Waals surface area contributed by atoms with Gasteiger partial charge in [-0.3, -0.25) is 4.68 Å². The van der Waals surface area contributed by atoms with Crippen molar-refractivity contribution >= 4 is 22.4 Å². The van der Waals surface area contributed by atoms with Gasteiger partial charge < -0.3 is 20.2 Å². The van der Waals surface area contributed by atoms with Crippen LogP contribution >= 0.6 is 0 Å². The maximum Gasteiger partial charge on any atom is 0.152 e. The molecule has 8 heteroatoms. The Morgan fingerprint density at radius 2 is 1.79 bits per heavy atom. The normalized spacial score (nSPS) is 15.7. The summed E-state index contributed by atoms with van der Waals surface area (Å²) in [5.74, 6) is 1.51. The minimum absolute atomic E-state index is 0.621. The van der Waals surface area contributed by atoms with Gasteiger partial charge in [0.25, 0.3) is 0 Å². The molecule has 0 saturated carbocycles. The Morgan fingerprint density at radius 1 is 0.970 bits per heavy atom. The van der Waals surface area contributed by atoms with E-state index in [4.69, 9.17) is 0 Å². The van der Waals surface area contributed by atoms with Crippen LogP contribution in [0, 0.1) is 6.92 Å². The van der Waals surface area contributed by atoms with E-state index >= 15 is 0 Å². The number of aliphatic hydroxyl groups is 1. The molecule has 2 N–H and O–H groups in total. The number of aromatic nitrogens is 4. The van der Waals surface area contributed by atoms with Crippen LogP contribution in [-0.2, 0) is 7.05 Å². The fourth-order valence-corrected chi connectivity index (χ4v) is 4.29. The molecule has 4 heterocycles. The predicted molar refractivity (Wildman–Crippen MR) is 131 cm³/mol. The number of piperazine rings is 1. The number of nitrogens with zero attached hydrogens (tertiary/aromatic N) is 6. The fourth-order valence-electron chi connectivity index (χ4n) is 4.29. The summed E-state index contributed by atoms with van der Waals surface area (Å²) in [6, 6.07) is 10.1. The van der Waals surface area contributed by atoms with Gasteiger partial charge in [-0.2, -0.15) is 5.10 Å². The van der Waals surface area contributed by atoms with Crippen LogP contribution in [0.15, 0.2) is 55.1 Å². The standard InChI is InChI=1S/C25H29N7O/c1-17-10-19(21-14-28-31(3)16-21)11-20-12-23(27-15-22(17)20)29-25(33)18-4-5-26-24(13-18)32-8-6-30(2)7-9-32/h4-5,10-16,25,33H,6-9H2,1-3H3,(H,27,29). The molecule has 1 saturated heterocycles. The molecule has 1 fully saturated rings. The topological polar surface area (TPSA) is 82.3 Å². The van der Waals surface area contributed by atoms with Crippen molar-refractivity contribution in [3.8, 4) is 11.1 Å². The van der Waals surface area contributed by atoms with Crippen LogP contribution in [0.5, 0.6) is 0 Å². The predicted octanol–water partition coefficient (Wildman–Crippen LogP) is 3.19. The van der Waals surface area contributed by atoms with E-state index < -0.39 is 6.23 Å². The number of hydrogen-bond donors (Lipinski definition) is 2. The molecule has 0 radical (unpaired) electrons. The highest BCUT2D eigenvalue weighted by Gasteiger charge is 2.17. The lowest BCUT2D eigenvalue weighted by molar-refractivity contribution is 0.207. The van der Waals surface area contributed by atoms with Crippen molar-refractivity contribution in [2.45, 2.75) is 13.2 Å². The second kappa shape index (κ2) is 8.80. The molecule has 4 aromatic rings. The van der Waals surface area contributed by atoms with Gasteiger partial charge in [0.1, 0.15) is 11.6 Å². The summed E-state index contributed by atoms with van der Waals surface area (Å²) in [6.45, 7) is 5.97. The minimum atomic E-state index is -0.883. The van der Waals surface area contributed by atoms with E-state index in [1.807, 2.05) is 43.8 Å². The molecule has 5 rings (SSSR count). The second-order valence-electron chi connectivity index (χ2n) is 8.77. The third-order valence-corrected chi connectivity index (χ3v) is 6.28. The first kappa shape index (κ1) is 21.4. The monoisotopic (exact) mass is 443 g/mol. The molecule has 33 heavy (non-hydrogen) atoms. The largest absolute Gasteiger partial charge is 0.369 e. The summed E-state index contributed by atoms with van der Waals surface area (Å²) in [7, 11) is 4.05. The Hall–Kier alpha value is -3.49. The molecule has 0 aliphatic carbocycles. The highest BCUT2D eigenvalue weighted by Crippen LogP contribution is 2.29. The number of aryl methyl sites for hydroxylation is 2. The van der Waals surface area contributed by atoms with Gasteiger partial charge in [0.2, 0.25) is 0 Å². The van der Waals surface area contributed by atoms with E-state index in [-0.39, 0.29) is 0 Å². The highest BCUT2D eigenvalue weighted by atomic mass is 16.3. The van der Waals surface area contributed by atoms with Crippen LogP contribution in [-0.4, -0.2) is 63.0 Å². The lowest BCUT2D eigenvalue weighted by Crippen LogP contribution is -2.44. The van der Waals surface area contributed by atoms with E-state index in [2.05, 4.69) is 56.3 Å². The molecule has 1 aliphatic rings. The molecular weight excluding hydrogens is 414 g/mol. The molecule has 3 aromatic heterocycles. The van der Waals surface area contributed by atoms with Gasteiger partial charge in [0.05, 0.1) is 6.20 Å². The summed E-state index contributed by atoms with van der Waals surface area (Å²) in [5.41, 5.74) is 4.09. The number of pyridine rings is 2. The Morgan fingerprint density at radius 3 is 2.55 bits per heavy atom. The van der Waals surface area contributed by atoms with E-state index in [0.717, 1.165) is 65.0 Å². The average Bonchev–Trinajstić information content (AvgIpc) is 3.26. The molecule has 1 aromatic carbocycles. The Bertz CT molecular complexity index is 1280. The van der Waals surface area contributed by atoms with Gasteiger partial charge in [-0.15, -0.1) is 0 Å². The number of nitrogens with one attached hydrogen (secondary N) is 1. The maximum atomic E-state index is 10.9. The first-order chi connectivity index (χ1) is 16.0. The SMILES string of the molecule is Cc1cc(-c2cnn(C)c2)cc2cc(NC(O)c3ccnc(N4CCN(C)CC4)c3)ncc12. The molecule has 0 spiro atoms. The smallest absolute Gasteiger partial charge is 0.152 e. The first-order valence-electron chi connectivity index (χ1n) is 11.2. The van der Waals surface area contributed by atoms with Crippen LogP contribution in [0.4, 0.5) is 11.6 Å². The van der Waals surface area contributed by atoms with Crippen LogP contribution in [0.2, 0.25) is 0 Å². The summed E-state index contributed by atoms with van der Waals surface area (Å²) in [6.07, 6.45) is 6.60. The molecule has 1 aliphatic heterocycles. The van der Waals surface area contributed by atoms with Crippen molar-refractivity contribution in [1.82, 2.24) is 24.6 Å². The quantitative estimate of drug-likeness (QED) is 0.459. The zero-order valence-electron chi connectivity index (χ0n) is 19.2. The van der Waals surface area contributed by atoms with Gasteiger partial charge in [-0.05, 0) is 54.8 Å². The van der Waals surface area contributed by atoms with Gasteiger partial charge in [0.15, 0.2) is 6.23 Å². The van der Waals surface area contributed by atoms with Gasteiger partial charge in [-0.25, -0.2) is 9.97 Å². The lowest BCUT2D eigenvalue weighted by atomic mass is 10.0. The van der Waals surface area contributed by atoms with Crippen molar-refractivity contribution in [3.05, 3.63) is 66.2 Å².